The van der Waals surface area contributed by atoms with Crippen molar-refractivity contribution in [2.45, 2.75) is 19.3 Å². The van der Waals surface area contributed by atoms with E-state index in [4.69, 9.17) is 0 Å². The summed E-state index contributed by atoms with van der Waals surface area (Å²) in [4.78, 5) is 44.6. The Bertz CT molecular complexity index is 754. The molecule has 0 atom stereocenters. The highest BCUT2D eigenvalue weighted by molar-refractivity contribution is 5.98. The van der Waals surface area contributed by atoms with Crippen LogP contribution in [0.2, 0.25) is 0 Å². The van der Waals surface area contributed by atoms with Crippen LogP contribution in [-0.4, -0.2) is 85.0 Å². The van der Waals surface area contributed by atoms with Crippen LogP contribution in [0.4, 0.5) is 15.3 Å². The van der Waals surface area contributed by atoms with Gasteiger partial charge in [-0.25, -0.2) is 9.59 Å². The Labute approximate surface area is 165 Å². The third-order valence-corrected chi connectivity index (χ3v) is 5.73. The van der Waals surface area contributed by atoms with Crippen LogP contribution in [0.1, 0.15) is 29.6 Å². The summed E-state index contributed by atoms with van der Waals surface area (Å²) in [6, 6.07) is 7.19. The molecule has 0 unspecified atom stereocenters. The van der Waals surface area contributed by atoms with Crippen LogP contribution in [0.25, 0.3) is 0 Å². The first-order valence-electron chi connectivity index (χ1n) is 10.1. The second kappa shape index (κ2) is 8.08. The van der Waals surface area contributed by atoms with Crippen LogP contribution < -0.4 is 10.2 Å². The maximum Gasteiger partial charge on any atom is 0.321 e. The number of nitrogens with zero attached hydrogens (tertiary/aromatic N) is 4. The third-order valence-electron chi connectivity index (χ3n) is 5.73. The molecule has 0 aromatic heterocycles. The maximum absolute atomic E-state index is 12.9. The molecule has 28 heavy (non-hydrogen) atoms. The van der Waals surface area contributed by atoms with E-state index >= 15 is 0 Å². The summed E-state index contributed by atoms with van der Waals surface area (Å²) in [6.07, 6.45) is 3.36. The number of piperidine rings is 1. The summed E-state index contributed by atoms with van der Waals surface area (Å²) in [7, 11) is 0. The van der Waals surface area contributed by atoms with E-state index in [0.29, 0.717) is 44.8 Å². The minimum absolute atomic E-state index is 0.0495. The van der Waals surface area contributed by atoms with E-state index in [2.05, 4.69) is 5.32 Å². The van der Waals surface area contributed by atoms with Gasteiger partial charge in [0.1, 0.15) is 0 Å². The molecule has 0 radical (unpaired) electrons. The van der Waals surface area contributed by atoms with Gasteiger partial charge < -0.3 is 20.0 Å². The Morgan fingerprint density at radius 3 is 2.18 bits per heavy atom. The number of hydrogen-bond acceptors (Lipinski definition) is 3. The molecule has 3 aliphatic rings. The third kappa shape index (κ3) is 3.76. The van der Waals surface area contributed by atoms with Gasteiger partial charge in [-0.2, -0.15) is 0 Å². The van der Waals surface area contributed by atoms with Gasteiger partial charge in [0.15, 0.2) is 0 Å². The summed E-state index contributed by atoms with van der Waals surface area (Å²) in [6.45, 7) is 5.10. The lowest BCUT2D eigenvalue weighted by atomic mass is 10.1. The lowest BCUT2D eigenvalue weighted by Crippen LogP contribution is -2.54. The molecule has 150 valence electrons. The van der Waals surface area contributed by atoms with Crippen molar-refractivity contribution in [2.24, 2.45) is 0 Å². The predicted molar refractivity (Wildman–Crippen MR) is 105 cm³/mol. The van der Waals surface area contributed by atoms with E-state index in [0.717, 1.165) is 31.6 Å². The van der Waals surface area contributed by atoms with Gasteiger partial charge >= 0.3 is 12.1 Å². The number of hydrogen-bond donors (Lipinski definition) is 1. The molecule has 0 aliphatic carbocycles. The van der Waals surface area contributed by atoms with Crippen LogP contribution in [0.5, 0.6) is 0 Å². The first-order chi connectivity index (χ1) is 13.6. The van der Waals surface area contributed by atoms with Crippen molar-refractivity contribution < 1.29 is 14.4 Å². The SMILES string of the molecule is O=C(c1cccc(N2CCNC2=O)c1)N1CCN(C(=O)N2CCCCC2)CC1. The van der Waals surface area contributed by atoms with Crippen molar-refractivity contribution in [2.75, 3.05) is 57.3 Å². The van der Waals surface area contributed by atoms with E-state index in [-0.39, 0.29) is 18.0 Å². The van der Waals surface area contributed by atoms with Crippen molar-refractivity contribution in [1.82, 2.24) is 20.0 Å². The smallest absolute Gasteiger partial charge is 0.321 e. The van der Waals surface area contributed by atoms with Crippen molar-refractivity contribution in [3.8, 4) is 0 Å². The standard InChI is InChI=1S/C20H27N5O3/c26-18(16-5-4-6-17(15-16)25-10-7-21-19(25)27)22-11-13-24(14-12-22)20(28)23-8-2-1-3-9-23/h4-6,15H,1-3,7-14H2,(H,21,27). The van der Waals surface area contributed by atoms with Gasteiger partial charge in [0.05, 0.1) is 0 Å². The topological polar surface area (TPSA) is 76.2 Å². The molecule has 0 spiro atoms. The van der Waals surface area contributed by atoms with Crippen molar-refractivity contribution in [1.29, 1.82) is 0 Å². The molecule has 4 rings (SSSR count). The molecule has 5 amide bonds. The fourth-order valence-electron chi connectivity index (χ4n) is 4.09. The number of carbonyl (C=O) groups excluding carboxylic acids is 3. The van der Waals surface area contributed by atoms with Crippen LogP contribution in [0, 0.1) is 0 Å². The highest BCUT2D eigenvalue weighted by atomic mass is 16.2. The first kappa shape index (κ1) is 18.6. The summed E-state index contributed by atoms with van der Waals surface area (Å²) >= 11 is 0. The van der Waals surface area contributed by atoms with Crippen LogP contribution in [0.3, 0.4) is 0 Å². The second-order valence-corrected chi connectivity index (χ2v) is 7.54. The van der Waals surface area contributed by atoms with Crippen LogP contribution in [0.15, 0.2) is 24.3 Å². The minimum Gasteiger partial charge on any atom is -0.336 e. The number of anilines is 1. The van der Waals surface area contributed by atoms with Crippen LogP contribution in [-0.2, 0) is 0 Å². The molecule has 1 aromatic rings. The van der Waals surface area contributed by atoms with E-state index in [1.165, 1.54) is 6.42 Å². The summed E-state index contributed by atoms with van der Waals surface area (Å²) in [5.41, 5.74) is 1.31. The van der Waals surface area contributed by atoms with E-state index in [1.54, 1.807) is 21.9 Å². The molecule has 0 saturated carbocycles. The molecule has 3 saturated heterocycles. The summed E-state index contributed by atoms with van der Waals surface area (Å²) < 4.78 is 0. The van der Waals surface area contributed by atoms with Crippen LogP contribution >= 0.6 is 0 Å². The normalized spacial score (nSPS) is 20.4. The average Bonchev–Trinajstić information content (AvgIpc) is 3.19. The number of likely N-dealkylation sites (tertiary alicyclic amines) is 1. The average molecular weight is 385 g/mol. The minimum atomic E-state index is -0.130. The van der Waals surface area contributed by atoms with Gasteiger partial charge in [0.2, 0.25) is 0 Å². The van der Waals surface area contributed by atoms with Gasteiger partial charge in [0, 0.05) is 63.6 Å². The number of nitrogens with one attached hydrogen (secondary N) is 1. The zero-order valence-corrected chi connectivity index (χ0v) is 16.1. The van der Waals surface area contributed by atoms with Gasteiger partial charge in [-0.15, -0.1) is 0 Å². The number of rotatable bonds is 2. The fraction of sp³-hybridized carbons (Fsp3) is 0.550. The molecule has 0 bridgehead atoms. The lowest BCUT2D eigenvalue weighted by molar-refractivity contribution is 0.0633. The molecule has 3 heterocycles. The quantitative estimate of drug-likeness (QED) is 0.840. The van der Waals surface area contributed by atoms with Crippen molar-refractivity contribution in [3.63, 3.8) is 0 Å². The van der Waals surface area contributed by atoms with Gasteiger partial charge in [-0.1, -0.05) is 6.07 Å². The predicted octanol–water partition coefficient (Wildman–Crippen LogP) is 1.58. The molecule has 3 fully saturated rings. The Kier molecular flexibility index (Phi) is 5.36. The Balaban J connectivity index is 1.36. The Morgan fingerprint density at radius 2 is 1.50 bits per heavy atom. The number of benzene rings is 1. The van der Waals surface area contributed by atoms with Gasteiger partial charge in [-0.05, 0) is 37.5 Å². The monoisotopic (exact) mass is 385 g/mol. The zero-order chi connectivity index (χ0) is 19.5. The molecule has 1 aromatic carbocycles. The van der Waals surface area contributed by atoms with Crippen molar-refractivity contribution in [3.05, 3.63) is 29.8 Å². The summed E-state index contributed by atoms with van der Waals surface area (Å²) in [5.74, 6) is -0.0495. The fourth-order valence-corrected chi connectivity index (χ4v) is 4.09. The van der Waals surface area contributed by atoms with Crippen molar-refractivity contribution >= 4 is 23.7 Å². The second-order valence-electron chi connectivity index (χ2n) is 7.54. The Hall–Kier alpha value is -2.77. The Morgan fingerprint density at radius 1 is 0.821 bits per heavy atom. The van der Waals surface area contributed by atoms with E-state index < -0.39 is 0 Å². The maximum atomic E-state index is 12.9. The van der Waals surface area contributed by atoms with Gasteiger partial charge in [-0.3, -0.25) is 9.69 Å². The number of urea groups is 2. The van der Waals surface area contributed by atoms with E-state index in [1.807, 2.05) is 21.9 Å². The number of amides is 5. The first-order valence-corrected chi connectivity index (χ1v) is 10.1. The zero-order valence-electron chi connectivity index (χ0n) is 16.1. The molecule has 8 heteroatoms. The molecular formula is C20H27N5O3. The van der Waals surface area contributed by atoms with E-state index in [9.17, 15) is 14.4 Å². The lowest BCUT2D eigenvalue weighted by Gasteiger charge is -2.38. The number of piperazine rings is 1. The highest BCUT2D eigenvalue weighted by Crippen LogP contribution is 2.20. The molecular weight excluding hydrogens is 358 g/mol. The number of carbonyl (C=O) groups is 3. The molecule has 3 aliphatic heterocycles. The molecule has 8 nitrogen and oxygen atoms in total. The summed E-state index contributed by atoms with van der Waals surface area (Å²) in [5, 5.41) is 2.77. The highest BCUT2D eigenvalue weighted by Gasteiger charge is 2.29. The largest absolute Gasteiger partial charge is 0.336 e. The van der Waals surface area contributed by atoms with Gasteiger partial charge in [0.25, 0.3) is 5.91 Å². The molecule has 1 N–H and O–H groups in total.